The molecule has 0 atom stereocenters. The predicted molar refractivity (Wildman–Crippen MR) is 90.5 cm³/mol. The van der Waals surface area contributed by atoms with E-state index in [9.17, 15) is 4.79 Å². The second-order valence-electron chi connectivity index (χ2n) is 5.47. The molecule has 0 aliphatic rings. The van der Waals surface area contributed by atoms with Crippen LogP contribution in [0.1, 0.15) is 11.1 Å². The molecule has 0 aliphatic heterocycles. The lowest BCUT2D eigenvalue weighted by Gasteiger charge is -2.11. The quantitative estimate of drug-likeness (QED) is 0.631. The third-order valence-electron chi connectivity index (χ3n) is 4.00. The molecule has 4 heteroatoms. The zero-order valence-electron chi connectivity index (χ0n) is 12.4. The molecule has 0 saturated carbocycles. The minimum atomic E-state index is -0.133. The average Bonchev–Trinajstić information content (AvgIpc) is 3.08. The summed E-state index contributed by atoms with van der Waals surface area (Å²) in [6.45, 7) is 0. The van der Waals surface area contributed by atoms with Crippen molar-refractivity contribution in [1.82, 2.24) is 14.4 Å². The number of nitrogens with zero attached hydrogens (tertiary/aromatic N) is 2. The molecule has 4 aromatic rings. The van der Waals surface area contributed by atoms with Crippen LogP contribution in [0.2, 0.25) is 0 Å². The lowest BCUT2D eigenvalue weighted by molar-refractivity contribution is 1.08. The van der Waals surface area contributed by atoms with Gasteiger partial charge in [0.05, 0.1) is 18.2 Å². The standard InChI is InChI=1S/C19H15N3O/c23-19-18-11-20-13-22(18)17(12-21-19)16-9-5-4-8-15(16)10-14-6-2-1-3-7-14/h1-9,11-13H,10H2,(H,21,23). The van der Waals surface area contributed by atoms with Crippen LogP contribution in [0.3, 0.4) is 0 Å². The maximum atomic E-state index is 11.9. The van der Waals surface area contributed by atoms with Gasteiger partial charge in [-0.15, -0.1) is 0 Å². The highest BCUT2D eigenvalue weighted by Gasteiger charge is 2.10. The fraction of sp³-hybridized carbons (Fsp3) is 0.0526. The number of aromatic nitrogens is 3. The molecule has 0 saturated heterocycles. The maximum absolute atomic E-state index is 11.9. The van der Waals surface area contributed by atoms with Gasteiger partial charge in [0.25, 0.3) is 5.56 Å². The zero-order chi connectivity index (χ0) is 15.6. The number of rotatable bonds is 3. The highest BCUT2D eigenvalue weighted by atomic mass is 16.1. The summed E-state index contributed by atoms with van der Waals surface area (Å²) < 4.78 is 1.84. The SMILES string of the molecule is O=c1[nH]cc(-c2ccccc2Cc2ccccc2)n2cncc12. The van der Waals surface area contributed by atoms with Crippen LogP contribution in [0.15, 0.2) is 78.1 Å². The van der Waals surface area contributed by atoms with E-state index in [4.69, 9.17) is 0 Å². The summed E-state index contributed by atoms with van der Waals surface area (Å²) in [5.74, 6) is 0. The Morgan fingerprint density at radius 2 is 1.78 bits per heavy atom. The van der Waals surface area contributed by atoms with Crippen molar-refractivity contribution in [3.63, 3.8) is 0 Å². The van der Waals surface area contributed by atoms with Crippen molar-refractivity contribution >= 4 is 5.52 Å². The number of aromatic amines is 1. The first-order chi connectivity index (χ1) is 11.3. The molecule has 0 spiro atoms. The molecule has 0 unspecified atom stereocenters. The van der Waals surface area contributed by atoms with Crippen molar-refractivity contribution < 1.29 is 0 Å². The van der Waals surface area contributed by atoms with Crippen LogP contribution in [0.25, 0.3) is 16.8 Å². The molecule has 1 N–H and O–H groups in total. The monoisotopic (exact) mass is 301 g/mol. The lowest BCUT2D eigenvalue weighted by Crippen LogP contribution is -2.10. The highest BCUT2D eigenvalue weighted by molar-refractivity contribution is 5.67. The first-order valence-corrected chi connectivity index (χ1v) is 7.49. The van der Waals surface area contributed by atoms with Crippen molar-refractivity contribution in [2.75, 3.05) is 0 Å². The number of nitrogens with one attached hydrogen (secondary N) is 1. The molecule has 0 aliphatic carbocycles. The second-order valence-corrected chi connectivity index (χ2v) is 5.47. The molecule has 0 radical (unpaired) electrons. The van der Waals surface area contributed by atoms with Gasteiger partial charge in [0.15, 0.2) is 0 Å². The number of fused-ring (bicyclic) bond motifs is 1. The summed E-state index contributed by atoms with van der Waals surface area (Å²) in [5.41, 5.74) is 4.91. The van der Waals surface area contributed by atoms with Gasteiger partial charge < -0.3 is 4.98 Å². The van der Waals surface area contributed by atoms with Crippen LogP contribution >= 0.6 is 0 Å². The Kier molecular flexibility index (Phi) is 3.27. The Morgan fingerprint density at radius 1 is 1.00 bits per heavy atom. The first kappa shape index (κ1) is 13.5. The molecule has 2 aromatic heterocycles. The lowest BCUT2D eigenvalue weighted by atomic mass is 9.98. The molecule has 0 bridgehead atoms. The van der Waals surface area contributed by atoms with Crippen molar-refractivity contribution in [3.05, 3.63) is 94.8 Å². The molecule has 4 nitrogen and oxygen atoms in total. The van der Waals surface area contributed by atoms with Crippen molar-refractivity contribution in [2.24, 2.45) is 0 Å². The number of imidazole rings is 1. The molecule has 2 heterocycles. The Hall–Kier alpha value is -3.14. The van der Waals surface area contributed by atoms with Gasteiger partial charge in [0.2, 0.25) is 0 Å². The van der Waals surface area contributed by atoms with E-state index in [0.29, 0.717) is 5.52 Å². The van der Waals surface area contributed by atoms with Gasteiger partial charge in [-0.1, -0.05) is 54.6 Å². The molecule has 0 amide bonds. The van der Waals surface area contributed by atoms with E-state index < -0.39 is 0 Å². The Morgan fingerprint density at radius 3 is 2.65 bits per heavy atom. The van der Waals surface area contributed by atoms with Gasteiger partial charge in [0, 0.05) is 11.8 Å². The Balaban J connectivity index is 1.87. The van der Waals surface area contributed by atoms with Gasteiger partial charge in [-0.2, -0.15) is 0 Å². The largest absolute Gasteiger partial charge is 0.325 e. The van der Waals surface area contributed by atoms with Crippen LogP contribution in [0, 0.1) is 0 Å². The van der Waals surface area contributed by atoms with Gasteiger partial charge in [-0.25, -0.2) is 4.98 Å². The molecule has 4 rings (SSSR count). The Bertz CT molecular complexity index is 1020. The van der Waals surface area contributed by atoms with E-state index in [1.165, 1.54) is 11.1 Å². The summed E-state index contributed by atoms with van der Waals surface area (Å²) >= 11 is 0. The summed E-state index contributed by atoms with van der Waals surface area (Å²) in [6.07, 6.45) is 5.86. The first-order valence-electron chi connectivity index (χ1n) is 7.49. The minimum Gasteiger partial charge on any atom is -0.325 e. The molecule has 2 aromatic carbocycles. The molecular weight excluding hydrogens is 286 g/mol. The summed E-state index contributed by atoms with van der Waals surface area (Å²) in [6, 6.07) is 18.6. The molecular formula is C19H15N3O. The van der Waals surface area contributed by atoms with Crippen LogP contribution in [-0.4, -0.2) is 14.4 Å². The van der Waals surface area contributed by atoms with Crippen LogP contribution in [0.5, 0.6) is 0 Å². The third-order valence-corrected chi connectivity index (χ3v) is 4.00. The summed E-state index contributed by atoms with van der Waals surface area (Å²) in [7, 11) is 0. The molecule has 23 heavy (non-hydrogen) atoms. The smallest absolute Gasteiger partial charge is 0.273 e. The van der Waals surface area contributed by atoms with Crippen molar-refractivity contribution in [3.8, 4) is 11.3 Å². The predicted octanol–water partition coefficient (Wildman–Crippen LogP) is 3.28. The van der Waals surface area contributed by atoms with Crippen molar-refractivity contribution in [2.45, 2.75) is 6.42 Å². The topological polar surface area (TPSA) is 50.2 Å². The molecule has 0 fully saturated rings. The van der Waals surface area contributed by atoms with E-state index in [0.717, 1.165) is 17.7 Å². The van der Waals surface area contributed by atoms with Gasteiger partial charge in [0.1, 0.15) is 5.52 Å². The highest BCUT2D eigenvalue weighted by Crippen LogP contribution is 2.25. The normalized spacial score (nSPS) is 11.0. The van der Waals surface area contributed by atoms with E-state index in [2.05, 4.69) is 34.2 Å². The van der Waals surface area contributed by atoms with Gasteiger partial charge >= 0.3 is 0 Å². The van der Waals surface area contributed by atoms with Gasteiger partial charge in [-0.05, 0) is 17.5 Å². The van der Waals surface area contributed by atoms with E-state index in [-0.39, 0.29) is 5.56 Å². The van der Waals surface area contributed by atoms with E-state index in [1.807, 2.05) is 34.7 Å². The van der Waals surface area contributed by atoms with Crippen LogP contribution < -0.4 is 5.56 Å². The number of benzene rings is 2. The third kappa shape index (κ3) is 2.44. The summed E-state index contributed by atoms with van der Waals surface area (Å²) in [4.78, 5) is 18.8. The molecule has 112 valence electrons. The van der Waals surface area contributed by atoms with Gasteiger partial charge in [-0.3, -0.25) is 9.20 Å². The average molecular weight is 301 g/mol. The zero-order valence-corrected chi connectivity index (χ0v) is 12.4. The van der Waals surface area contributed by atoms with Crippen LogP contribution in [0.4, 0.5) is 0 Å². The fourth-order valence-electron chi connectivity index (χ4n) is 2.88. The number of hydrogen-bond donors (Lipinski definition) is 1. The number of H-pyrrole nitrogens is 1. The van der Waals surface area contributed by atoms with E-state index >= 15 is 0 Å². The van der Waals surface area contributed by atoms with Crippen LogP contribution in [-0.2, 0) is 6.42 Å². The fourth-order valence-corrected chi connectivity index (χ4v) is 2.88. The number of hydrogen-bond acceptors (Lipinski definition) is 2. The maximum Gasteiger partial charge on any atom is 0.273 e. The Labute approximate surface area is 133 Å². The van der Waals surface area contributed by atoms with E-state index in [1.54, 1.807) is 18.7 Å². The summed E-state index contributed by atoms with van der Waals surface area (Å²) in [5, 5.41) is 0. The van der Waals surface area contributed by atoms with Crippen molar-refractivity contribution in [1.29, 1.82) is 0 Å². The minimum absolute atomic E-state index is 0.133. The second kappa shape index (κ2) is 5.57.